The Morgan fingerprint density at radius 1 is 0.474 bits per heavy atom. The molecule has 0 heteroatoms. The molecule has 0 radical (unpaired) electrons. The lowest BCUT2D eigenvalue weighted by atomic mass is 10.1. The molecular weight excluding hydrogens is 228 g/mol. The van der Waals surface area contributed by atoms with Gasteiger partial charge in [-0.25, -0.2) is 0 Å². The van der Waals surface area contributed by atoms with Crippen LogP contribution in [0.3, 0.4) is 0 Å². The van der Waals surface area contributed by atoms with E-state index in [0.29, 0.717) is 0 Å². The summed E-state index contributed by atoms with van der Waals surface area (Å²) in [6.45, 7) is 4.55. The highest BCUT2D eigenvalue weighted by molar-refractivity contribution is 5.02. The second-order valence-electron chi connectivity index (χ2n) is 5.62. The molecule has 0 aliphatic rings. The predicted octanol–water partition coefficient (Wildman–Crippen LogP) is 7.21. The monoisotopic (exact) mass is 264 g/mol. The fourth-order valence-electron chi connectivity index (χ4n) is 2.26. The van der Waals surface area contributed by atoms with Crippen LogP contribution in [0.15, 0.2) is 24.3 Å². The molecule has 0 rings (SSSR count). The molecule has 0 aromatic heterocycles. The van der Waals surface area contributed by atoms with Crippen LogP contribution >= 0.6 is 0 Å². The Bertz CT molecular complexity index is 200. The fraction of sp³-hybridized carbons (Fsp3) is 0.789. The molecule has 19 heavy (non-hydrogen) atoms. The summed E-state index contributed by atoms with van der Waals surface area (Å²) in [5.41, 5.74) is 0. The van der Waals surface area contributed by atoms with Crippen molar-refractivity contribution in [3.63, 3.8) is 0 Å². The minimum absolute atomic E-state index is 1.26. The molecule has 0 heterocycles. The molecule has 0 nitrogen and oxygen atoms in total. The highest BCUT2D eigenvalue weighted by atomic mass is 13.9. The average molecular weight is 264 g/mol. The van der Waals surface area contributed by atoms with Crippen LogP contribution in [0.25, 0.3) is 0 Å². The second-order valence-corrected chi connectivity index (χ2v) is 5.62. The van der Waals surface area contributed by atoms with Crippen molar-refractivity contribution in [2.24, 2.45) is 0 Å². The predicted molar refractivity (Wildman–Crippen MR) is 89.6 cm³/mol. The van der Waals surface area contributed by atoms with E-state index >= 15 is 0 Å². The number of hydrogen-bond acceptors (Lipinski definition) is 0. The van der Waals surface area contributed by atoms with Gasteiger partial charge in [-0.3, -0.25) is 0 Å². The molecule has 0 fully saturated rings. The van der Waals surface area contributed by atoms with Crippen molar-refractivity contribution in [1.29, 1.82) is 0 Å². The number of allylic oxidation sites excluding steroid dienone is 4. The van der Waals surface area contributed by atoms with E-state index in [1.165, 1.54) is 83.5 Å². The van der Waals surface area contributed by atoms with Gasteiger partial charge in [0.15, 0.2) is 0 Å². The molecule has 0 saturated heterocycles. The first kappa shape index (κ1) is 18.5. The summed E-state index contributed by atoms with van der Waals surface area (Å²) in [7, 11) is 0. The topological polar surface area (TPSA) is 0 Å². The van der Waals surface area contributed by atoms with E-state index in [1.54, 1.807) is 0 Å². The fourth-order valence-corrected chi connectivity index (χ4v) is 2.26. The summed E-state index contributed by atoms with van der Waals surface area (Å²) in [6, 6.07) is 0. The largest absolute Gasteiger partial charge is 0.0845 e. The van der Waals surface area contributed by atoms with Gasteiger partial charge in [0.05, 0.1) is 0 Å². The van der Waals surface area contributed by atoms with Gasteiger partial charge in [-0.2, -0.15) is 0 Å². The maximum absolute atomic E-state index is 2.33. The Balaban J connectivity index is 3.15. The maximum atomic E-state index is 2.33. The lowest BCUT2D eigenvalue weighted by molar-refractivity contribution is 0.611. The zero-order chi connectivity index (χ0) is 14.0. The molecule has 0 aliphatic heterocycles. The van der Waals surface area contributed by atoms with Crippen molar-refractivity contribution < 1.29 is 0 Å². The Morgan fingerprint density at radius 2 is 0.842 bits per heavy atom. The molecule has 0 unspecified atom stereocenters. The van der Waals surface area contributed by atoms with Gasteiger partial charge in [-0.1, -0.05) is 95.9 Å². The third-order valence-electron chi connectivity index (χ3n) is 3.58. The summed E-state index contributed by atoms with van der Waals surface area (Å²) < 4.78 is 0. The first-order chi connectivity index (χ1) is 9.41. The molecule has 0 saturated carbocycles. The standard InChI is InChI=1S/C19H36/c1-3-5-7-9-11-13-15-17-19-18-16-14-12-10-8-6-4-2/h15,17-19H,3-14,16H2,1-2H3/b17-15+,19-18?. The van der Waals surface area contributed by atoms with Crippen LogP contribution < -0.4 is 0 Å². The molecule has 112 valence electrons. The number of rotatable bonds is 14. The third-order valence-corrected chi connectivity index (χ3v) is 3.58. The van der Waals surface area contributed by atoms with Crippen LogP contribution in [0.2, 0.25) is 0 Å². The van der Waals surface area contributed by atoms with Crippen LogP contribution in [0.4, 0.5) is 0 Å². The molecule has 0 N–H and O–H groups in total. The summed E-state index contributed by atoms with van der Waals surface area (Å²) in [6.07, 6.45) is 27.0. The van der Waals surface area contributed by atoms with E-state index in [0.717, 1.165) is 0 Å². The van der Waals surface area contributed by atoms with Gasteiger partial charge in [0.1, 0.15) is 0 Å². The van der Waals surface area contributed by atoms with Crippen LogP contribution in [0.5, 0.6) is 0 Å². The van der Waals surface area contributed by atoms with Gasteiger partial charge in [0, 0.05) is 0 Å². The van der Waals surface area contributed by atoms with Crippen LogP contribution in [-0.2, 0) is 0 Å². The molecule has 0 aromatic carbocycles. The van der Waals surface area contributed by atoms with Gasteiger partial charge in [-0.05, 0) is 25.7 Å². The Labute approximate surface area is 122 Å². The van der Waals surface area contributed by atoms with Crippen molar-refractivity contribution in [3.05, 3.63) is 24.3 Å². The van der Waals surface area contributed by atoms with E-state index in [2.05, 4.69) is 38.2 Å². The zero-order valence-corrected chi connectivity index (χ0v) is 13.5. The van der Waals surface area contributed by atoms with Gasteiger partial charge in [-0.15, -0.1) is 0 Å². The van der Waals surface area contributed by atoms with Crippen LogP contribution in [0, 0.1) is 0 Å². The molecule has 0 amide bonds. The molecule has 0 aliphatic carbocycles. The van der Waals surface area contributed by atoms with Crippen LogP contribution in [0.1, 0.15) is 97.3 Å². The number of unbranched alkanes of at least 4 members (excludes halogenated alkanes) is 11. The Hall–Kier alpha value is -0.520. The minimum atomic E-state index is 1.26. The first-order valence-corrected chi connectivity index (χ1v) is 8.73. The van der Waals surface area contributed by atoms with E-state index in [-0.39, 0.29) is 0 Å². The van der Waals surface area contributed by atoms with Gasteiger partial charge >= 0.3 is 0 Å². The third kappa shape index (κ3) is 17.5. The number of hydrogen-bond donors (Lipinski definition) is 0. The Kier molecular flexibility index (Phi) is 17.0. The zero-order valence-electron chi connectivity index (χ0n) is 13.5. The normalized spacial score (nSPS) is 11.9. The minimum Gasteiger partial charge on any atom is -0.0845 e. The van der Waals surface area contributed by atoms with Crippen molar-refractivity contribution in [2.45, 2.75) is 97.3 Å². The van der Waals surface area contributed by atoms with Crippen LogP contribution in [-0.4, -0.2) is 0 Å². The maximum Gasteiger partial charge on any atom is -0.0348 e. The lowest BCUT2D eigenvalue weighted by Gasteiger charge is -1.97. The van der Waals surface area contributed by atoms with Crippen molar-refractivity contribution in [2.75, 3.05) is 0 Å². The van der Waals surface area contributed by atoms with Crippen molar-refractivity contribution in [1.82, 2.24) is 0 Å². The van der Waals surface area contributed by atoms with E-state index < -0.39 is 0 Å². The van der Waals surface area contributed by atoms with E-state index in [4.69, 9.17) is 0 Å². The van der Waals surface area contributed by atoms with Gasteiger partial charge in [0.25, 0.3) is 0 Å². The molecule has 0 bridgehead atoms. The summed E-state index contributed by atoms with van der Waals surface area (Å²) in [5.74, 6) is 0. The molecular formula is C19H36. The van der Waals surface area contributed by atoms with E-state index in [9.17, 15) is 0 Å². The average Bonchev–Trinajstić information content (AvgIpc) is 2.43. The summed E-state index contributed by atoms with van der Waals surface area (Å²) in [5, 5.41) is 0. The first-order valence-electron chi connectivity index (χ1n) is 8.73. The summed E-state index contributed by atoms with van der Waals surface area (Å²) in [4.78, 5) is 0. The SMILES string of the molecule is CCCCCCC/C=C/C=CCCCCCCCC. The van der Waals surface area contributed by atoms with E-state index in [1.807, 2.05) is 0 Å². The van der Waals surface area contributed by atoms with Crippen molar-refractivity contribution in [3.8, 4) is 0 Å². The van der Waals surface area contributed by atoms with Gasteiger partial charge in [0.2, 0.25) is 0 Å². The smallest absolute Gasteiger partial charge is 0.0348 e. The second kappa shape index (κ2) is 17.5. The highest BCUT2D eigenvalue weighted by Crippen LogP contribution is 2.07. The molecule has 0 aromatic rings. The molecule has 0 atom stereocenters. The highest BCUT2D eigenvalue weighted by Gasteiger charge is 1.88. The quantitative estimate of drug-likeness (QED) is 0.230. The molecule has 0 spiro atoms. The summed E-state index contributed by atoms with van der Waals surface area (Å²) >= 11 is 0. The Morgan fingerprint density at radius 3 is 1.26 bits per heavy atom. The lowest BCUT2D eigenvalue weighted by Crippen LogP contribution is -1.77. The van der Waals surface area contributed by atoms with Gasteiger partial charge < -0.3 is 0 Å². The van der Waals surface area contributed by atoms with Crippen molar-refractivity contribution >= 4 is 0 Å².